The lowest BCUT2D eigenvalue weighted by Gasteiger charge is -2.24. The third-order valence-electron chi connectivity index (χ3n) is 1.52. The van der Waals surface area contributed by atoms with Gasteiger partial charge in [-0.1, -0.05) is 0 Å². The van der Waals surface area contributed by atoms with Crippen molar-refractivity contribution < 1.29 is 0 Å². The predicted octanol–water partition coefficient (Wildman–Crippen LogP) is -0.960. The van der Waals surface area contributed by atoms with Crippen molar-refractivity contribution in [1.29, 1.82) is 0 Å². The lowest BCUT2D eigenvalue weighted by molar-refractivity contribution is 0.650. The van der Waals surface area contributed by atoms with Gasteiger partial charge in [-0.25, -0.2) is 9.98 Å². The highest BCUT2D eigenvalue weighted by Gasteiger charge is 2.12. The lowest BCUT2D eigenvalue weighted by Crippen LogP contribution is -2.48. The number of hydrogen-bond acceptors (Lipinski definition) is 5. The summed E-state index contributed by atoms with van der Waals surface area (Å²) in [6, 6.07) is 0. The van der Waals surface area contributed by atoms with E-state index in [2.05, 4.69) is 20.6 Å². The maximum Gasteiger partial charge on any atom is 0.202 e. The summed E-state index contributed by atoms with van der Waals surface area (Å²) < 4.78 is 0. The molecule has 0 unspecified atom stereocenters. The van der Waals surface area contributed by atoms with Gasteiger partial charge in [0.1, 0.15) is 6.67 Å². The molecule has 1 aliphatic rings. The molecule has 2 N–H and O–H groups in total. The average Bonchev–Trinajstić information content (AvgIpc) is 2.05. The van der Waals surface area contributed by atoms with Gasteiger partial charge >= 0.3 is 0 Å². The zero-order valence-electron chi connectivity index (χ0n) is 7.05. The fourth-order valence-corrected chi connectivity index (χ4v) is 0.975. The van der Waals surface area contributed by atoms with Crippen molar-refractivity contribution in [2.24, 2.45) is 9.98 Å². The number of hydrogen-bond donors (Lipinski definition) is 2. The molecular formula is C6H13N5. The van der Waals surface area contributed by atoms with E-state index in [1.807, 2.05) is 26.0 Å². The molecule has 0 saturated heterocycles. The molecule has 5 nitrogen and oxygen atoms in total. The number of aliphatic imine (C=N–C) groups is 2. The Bertz CT molecular complexity index is 175. The number of guanidine groups is 2. The summed E-state index contributed by atoms with van der Waals surface area (Å²) >= 11 is 0. The summed E-state index contributed by atoms with van der Waals surface area (Å²) in [6.45, 7) is 0.497. The van der Waals surface area contributed by atoms with Crippen LogP contribution in [0.25, 0.3) is 0 Å². The summed E-state index contributed by atoms with van der Waals surface area (Å²) in [5.41, 5.74) is 0. The first-order valence-corrected chi connectivity index (χ1v) is 3.47. The summed E-state index contributed by atoms with van der Waals surface area (Å²) in [5, 5.41) is 5.95. The molecule has 0 saturated carbocycles. The summed E-state index contributed by atoms with van der Waals surface area (Å²) in [7, 11) is 5.59. The fraction of sp³-hybridized carbons (Fsp3) is 0.667. The van der Waals surface area contributed by atoms with Crippen LogP contribution < -0.4 is 10.6 Å². The number of rotatable bonds is 0. The van der Waals surface area contributed by atoms with Gasteiger partial charge in [-0.05, 0) is 0 Å². The van der Waals surface area contributed by atoms with Gasteiger partial charge in [0.2, 0.25) is 11.9 Å². The Labute approximate surface area is 66.2 Å². The zero-order valence-corrected chi connectivity index (χ0v) is 7.05. The molecule has 1 aliphatic heterocycles. The van der Waals surface area contributed by atoms with Crippen molar-refractivity contribution in [1.82, 2.24) is 15.5 Å². The molecule has 0 atom stereocenters. The van der Waals surface area contributed by atoms with E-state index >= 15 is 0 Å². The van der Waals surface area contributed by atoms with Crippen LogP contribution in [-0.4, -0.2) is 44.6 Å². The third-order valence-corrected chi connectivity index (χ3v) is 1.52. The normalized spacial score (nSPS) is 17.2. The largest absolute Gasteiger partial charge is 0.359 e. The molecule has 0 aliphatic carbocycles. The average molecular weight is 155 g/mol. The van der Waals surface area contributed by atoms with Crippen molar-refractivity contribution in [3.63, 3.8) is 0 Å². The molecule has 11 heavy (non-hydrogen) atoms. The highest BCUT2D eigenvalue weighted by atomic mass is 15.4. The molecule has 5 heteroatoms. The number of nitrogens with one attached hydrogen (secondary N) is 2. The first-order chi connectivity index (χ1) is 5.29. The first kappa shape index (κ1) is 7.84. The van der Waals surface area contributed by atoms with Gasteiger partial charge in [-0.3, -0.25) is 4.90 Å². The van der Waals surface area contributed by atoms with Crippen LogP contribution in [0.4, 0.5) is 0 Å². The molecule has 0 bridgehead atoms. The third kappa shape index (κ3) is 1.42. The Kier molecular flexibility index (Phi) is 2.30. The Hall–Kier alpha value is -1.26. The summed E-state index contributed by atoms with van der Waals surface area (Å²) in [4.78, 5) is 10.1. The SMILES string of the molecule is CNC1=NCN=C(NC)N1C. The Morgan fingerprint density at radius 3 is 2.00 bits per heavy atom. The van der Waals surface area contributed by atoms with Crippen LogP contribution in [0, 0.1) is 0 Å². The molecule has 0 spiro atoms. The van der Waals surface area contributed by atoms with E-state index in [1.165, 1.54) is 0 Å². The van der Waals surface area contributed by atoms with Crippen molar-refractivity contribution in [2.75, 3.05) is 27.8 Å². The maximum absolute atomic E-state index is 4.13. The second kappa shape index (κ2) is 3.23. The van der Waals surface area contributed by atoms with E-state index < -0.39 is 0 Å². The van der Waals surface area contributed by atoms with Crippen molar-refractivity contribution in [3.05, 3.63) is 0 Å². The van der Waals surface area contributed by atoms with Gasteiger partial charge in [0.15, 0.2) is 0 Å². The molecule has 0 amide bonds. The van der Waals surface area contributed by atoms with Crippen molar-refractivity contribution in [2.45, 2.75) is 0 Å². The maximum atomic E-state index is 4.13. The van der Waals surface area contributed by atoms with Crippen LogP contribution >= 0.6 is 0 Å². The minimum atomic E-state index is 0.497. The van der Waals surface area contributed by atoms with Crippen LogP contribution in [0.5, 0.6) is 0 Å². The van der Waals surface area contributed by atoms with E-state index in [9.17, 15) is 0 Å². The number of nitrogens with zero attached hydrogens (tertiary/aromatic N) is 3. The van der Waals surface area contributed by atoms with Crippen molar-refractivity contribution >= 4 is 11.9 Å². The van der Waals surface area contributed by atoms with Crippen LogP contribution in [-0.2, 0) is 0 Å². The van der Waals surface area contributed by atoms with Crippen LogP contribution in [0.3, 0.4) is 0 Å². The quantitative estimate of drug-likeness (QED) is 0.474. The Morgan fingerprint density at radius 2 is 1.64 bits per heavy atom. The highest BCUT2D eigenvalue weighted by Crippen LogP contribution is 1.93. The summed E-state index contributed by atoms with van der Waals surface area (Å²) in [5.74, 6) is 1.67. The Morgan fingerprint density at radius 1 is 1.18 bits per heavy atom. The predicted molar refractivity (Wildman–Crippen MR) is 45.6 cm³/mol. The van der Waals surface area contributed by atoms with E-state index in [1.54, 1.807) is 0 Å². The van der Waals surface area contributed by atoms with Crippen LogP contribution in [0.2, 0.25) is 0 Å². The molecule has 0 aromatic heterocycles. The molecule has 1 heterocycles. The summed E-state index contributed by atoms with van der Waals surface area (Å²) in [6.07, 6.45) is 0. The molecule has 0 radical (unpaired) electrons. The molecule has 0 fully saturated rings. The van der Waals surface area contributed by atoms with E-state index in [4.69, 9.17) is 0 Å². The standard InChI is InChI=1S/C6H13N5/c1-7-5-9-4-10-6(8-2)11(5)3/h4H2,1-3H3,(H,7,9)(H,8,10). The van der Waals surface area contributed by atoms with E-state index in [0.29, 0.717) is 6.67 Å². The van der Waals surface area contributed by atoms with Crippen LogP contribution in [0.15, 0.2) is 9.98 Å². The minimum Gasteiger partial charge on any atom is -0.359 e. The van der Waals surface area contributed by atoms with E-state index in [0.717, 1.165) is 11.9 Å². The highest BCUT2D eigenvalue weighted by molar-refractivity contribution is 5.99. The van der Waals surface area contributed by atoms with Gasteiger partial charge in [0.05, 0.1) is 0 Å². The monoisotopic (exact) mass is 155 g/mol. The molecule has 1 rings (SSSR count). The van der Waals surface area contributed by atoms with Crippen molar-refractivity contribution in [3.8, 4) is 0 Å². The second-order valence-electron chi connectivity index (χ2n) is 2.16. The van der Waals surface area contributed by atoms with Gasteiger partial charge < -0.3 is 10.6 Å². The molecule has 62 valence electrons. The minimum absolute atomic E-state index is 0.497. The van der Waals surface area contributed by atoms with Gasteiger partial charge in [0, 0.05) is 21.1 Å². The van der Waals surface area contributed by atoms with Crippen LogP contribution in [0.1, 0.15) is 0 Å². The van der Waals surface area contributed by atoms with Gasteiger partial charge in [-0.2, -0.15) is 0 Å². The fourth-order valence-electron chi connectivity index (χ4n) is 0.975. The van der Waals surface area contributed by atoms with Gasteiger partial charge in [-0.15, -0.1) is 0 Å². The Balaban J connectivity index is 2.69. The second-order valence-corrected chi connectivity index (χ2v) is 2.16. The lowest BCUT2D eigenvalue weighted by atomic mass is 10.6. The molecule has 0 aromatic rings. The molecule has 0 aromatic carbocycles. The van der Waals surface area contributed by atoms with E-state index in [-0.39, 0.29) is 0 Å². The smallest absolute Gasteiger partial charge is 0.202 e. The molecular weight excluding hydrogens is 142 g/mol. The first-order valence-electron chi connectivity index (χ1n) is 3.47. The topological polar surface area (TPSA) is 52.0 Å². The van der Waals surface area contributed by atoms with Gasteiger partial charge in [0.25, 0.3) is 0 Å². The zero-order chi connectivity index (χ0) is 8.27.